The highest BCUT2D eigenvalue weighted by Crippen LogP contribution is 2.09. The molecule has 0 atom stereocenters. The molecule has 0 aromatic carbocycles. The lowest BCUT2D eigenvalue weighted by Crippen LogP contribution is -2.37. The lowest BCUT2D eigenvalue weighted by atomic mass is 10.3. The summed E-state index contributed by atoms with van der Waals surface area (Å²) >= 11 is 1.67. The van der Waals surface area contributed by atoms with Gasteiger partial charge in [0, 0.05) is 30.7 Å². The Labute approximate surface area is 96.4 Å². The number of thiophene rings is 1. The number of hydrogen-bond acceptors (Lipinski definition) is 3. The van der Waals surface area contributed by atoms with Gasteiger partial charge in [-0.25, -0.2) is 4.79 Å². The number of hydrogen-bond donors (Lipinski definition) is 0. The minimum absolute atomic E-state index is 0.260. The van der Waals surface area contributed by atoms with Crippen LogP contribution < -0.4 is 11.2 Å². The molecule has 0 unspecified atom stereocenters. The maximum Gasteiger partial charge on any atom is 0.330 e. The third kappa shape index (κ3) is 2.14. The number of aromatic nitrogens is 2. The van der Waals surface area contributed by atoms with Crippen molar-refractivity contribution in [3.63, 3.8) is 0 Å². The van der Waals surface area contributed by atoms with E-state index in [-0.39, 0.29) is 11.2 Å². The maximum atomic E-state index is 11.7. The molecule has 0 bridgehead atoms. The molecular weight excluding hydrogens is 224 g/mol. The second kappa shape index (κ2) is 4.49. The van der Waals surface area contributed by atoms with Crippen molar-refractivity contribution in [2.75, 3.05) is 0 Å². The average molecular weight is 236 g/mol. The standard InChI is InChI=1S/C11H12N2O2S/c1-12-10(14)5-7-13(11(12)15)6-4-9-3-2-8-16-9/h2-3,5,7-8H,4,6H2,1H3. The van der Waals surface area contributed by atoms with Crippen LogP contribution >= 0.6 is 11.3 Å². The molecule has 0 saturated carbocycles. The van der Waals surface area contributed by atoms with Gasteiger partial charge in [-0.1, -0.05) is 6.07 Å². The third-order valence-corrected chi connectivity index (χ3v) is 3.38. The van der Waals surface area contributed by atoms with E-state index < -0.39 is 0 Å². The second-order valence-electron chi connectivity index (χ2n) is 3.52. The van der Waals surface area contributed by atoms with Crippen molar-refractivity contribution in [3.8, 4) is 0 Å². The molecule has 16 heavy (non-hydrogen) atoms. The van der Waals surface area contributed by atoms with Gasteiger partial charge in [0.05, 0.1) is 0 Å². The zero-order chi connectivity index (χ0) is 11.5. The molecule has 0 spiro atoms. The van der Waals surface area contributed by atoms with Crippen LogP contribution in [0.3, 0.4) is 0 Å². The first-order chi connectivity index (χ1) is 7.68. The fraction of sp³-hybridized carbons (Fsp3) is 0.273. The van der Waals surface area contributed by atoms with Gasteiger partial charge in [-0.15, -0.1) is 11.3 Å². The van der Waals surface area contributed by atoms with E-state index in [1.807, 2.05) is 17.5 Å². The largest absolute Gasteiger partial charge is 0.330 e. The Morgan fingerprint density at radius 3 is 2.81 bits per heavy atom. The first kappa shape index (κ1) is 10.9. The van der Waals surface area contributed by atoms with Gasteiger partial charge in [0.15, 0.2) is 0 Å². The van der Waals surface area contributed by atoms with Crippen LogP contribution in [0.4, 0.5) is 0 Å². The van der Waals surface area contributed by atoms with Gasteiger partial charge in [0.25, 0.3) is 5.56 Å². The molecular formula is C11H12N2O2S. The van der Waals surface area contributed by atoms with E-state index in [9.17, 15) is 9.59 Å². The molecule has 5 heteroatoms. The zero-order valence-electron chi connectivity index (χ0n) is 8.92. The van der Waals surface area contributed by atoms with Gasteiger partial charge in [0.1, 0.15) is 0 Å². The summed E-state index contributed by atoms with van der Waals surface area (Å²) in [5, 5.41) is 2.01. The minimum Gasteiger partial charge on any atom is -0.300 e. The SMILES string of the molecule is Cn1c(=O)ccn(CCc2cccs2)c1=O. The highest BCUT2D eigenvalue weighted by Gasteiger charge is 2.01. The van der Waals surface area contributed by atoms with Crippen molar-refractivity contribution in [1.82, 2.24) is 9.13 Å². The van der Waals surface area contributed by atoms with Crippen LogP contribution in [0, 0.1) is 0 Å². The molecule has 2 aromatic rings. The highest BCUT2D eigenvalue weighted by atomic mass is 32.1. The summed E-state index contributed by atoms with van der Waals surface area (Å²) in [6.07, 6.45) is 2.37. The normalized spacial score (nSPS) is 10.6. The van der Waals surface area contributed by atoms with Crippen LogP contribution in [0.2, 0.25) is 0 Å². The molecule has 0 fully saturated rings. The van der Waals surface area contributed by atoms with E-state index >= 15 is 0 Å². The lowest BCUT2D eigenvalue weighted by Gasteiger charge is -2.05. The molecule has 0 aliphatic carbocycles. The Kier molecular flexibility index (Phi) is 3.05. The van der Waals surface area contributed by atoms with Crippen LogP contribution in [0.15, 0.2) is 39.4 Å². The molecule has 0 aliphatic heterocycles. The van der Waals surface area contributed by atoms with Crippen LogP contribution in [0.5, 0.6) is 0 Å². The third-order valence-electron chi connectivity index (χ3n) is 2.44. The monoisotopic (exact) mass is 236 g/mol. The Morgan fingerprint density at radius 1 is 1.31 bits per heavy atom. The minimum atomic E-state index is -0.266. The summed E-state index contributed by atoms with van der Waals surface area (Å²) in [5.41, 5.74) is -0.526. The predicted molar refractivity (Wildman–Crippen MR) is 64.0 cm³/mol. The van der Waals surface area contributed by atoms with Crippen molar-refractivity contribution in [2.45, 2.75) is 13.0 Å². The Hall–Kier alpha value is -1.62. The van der Waals surface area contributed by atoms with E-state index in [2.05, 4.69) is 0 Å². The summed E-state index contributed by atoms with van der Waals surface area (Å²) in [4.78, 5) is 24.1. The van der Waals surface area contributed by atoms with Crippen LogP contribution in [0.25, 0.3) is 0 Å². The topological polar surface area (TPSA) is 44.0 Å². The van der Waals surface area contributed by atoms with E-state index in [4.69, 9.17) is 0 Å². The quantitative estimate of drug-likeness (QED) is 0.793. The average Bonchev–Trinajstić information content (AvgIpc) is 2.78. The van der Waals surface area contributed by atoms with Gasteiger partial charge in [-0.3, -0.25) is 9.36 Å². The number of nitrogens with zero attached hydrogens (tertiary/aromatic N) is 2. The van der Waals surface area contributed by atoms with Gasteiger partial charge < -0.3 is 4.57 Å². The predicted octanol–water partition coefficient (Wildman–Crippen LogP) is 0.851. The summed E-state index contributed by atoms with van der Waals surface area (Å²) in [7, 11) is 1.49. The van der Waals surface area contributed by atoms with Crippen molar-refractivity contribution >= 4 is 11.3 Å². The molecule has 0 amide bonds. The first-order valence-corrected chi connectivity index (χ1v) is 5.85. The summed E-state index contributed by atoms with van der Waals surface area (Å²) in [5.74, 6) is 0. The summed E-state index contributed by atoms with van der Waals surface area (Å²) in [6.45, 7) is 0.605. The molecule has 2 aromatic heterocycles. The van der Waals surface area contributed by atoms with Gasteiger partial charge in [0.2, 0.25) is 0 Å². The van der Waals surface area contributed by atoms with E-state index in [0.29, 0.717) is 6.54 Å². The molecule has 2 rings (SSSR count). The fourth-order valence-electron chi connectivity index (χ4n) is 1.47. The van der Waals surface area contributed by atoms with Gasteiger partial charge in [-0.05, 0) is 17.9 Å². The maximum absolute atomic E-state index is 11.7. The van der Waals surface area contributed by atoms with E-state index in [0.717, 1.165) is 11.0 Å². The summed E-state index contributed by atoms with van der Waals surface area (Å²) < 4.78 is 2.68. The molecule has 2 heterocycles. The highest BCUT2D eigenvalue weighted by molar-refractivity contribution is 7.09. The van der Waals surface area contributed by atoms with E-state index in [1.165, 1.54) is 18.0 Å². The van der Waals surface area contributed by atoms with Crippen molar-refractivity contribution in [1.29, 1.82) is 0 Å². The molecule has 0 N–H and O–H groups in total. The van der Waals surface area contributed by atoms with Crippen LogP contribution in [-0.4, -0.2) is 9.13 Å². The Balaban J connectivity index is 2.20. The molecule has 0 radical (unpaired) electrons. The second-order valence-corrected chi connectivity index (χ2v) is 4.55. The van der Waals surface area contributed by atoms with Gasteiger partial charge in [-0.2, -0.15) is 0 Å². The molecule has 0 saturated heterocycles. The van der Waals surface area contributed by atoms with Crippen molar-refractivity contribution in [3.05, 3.63) is 55.5 Å². The van der Waals surface area contributed by atoms with Crippen molar-refractivity contribution in [2.24, 2.45) is 7.05 Å². The fourth-order valence-corrected chi connectivity index (χ4v) is 2.17. The smallest absolute Gasteiger partial charge is 0.300 e. The van der Waals surface area contributed by atoms with Crippen LogP contribution in [0.1, 0.15) is 4.88 Å². The zero-order valence-corrected chi connectivity index (χ0v) is 9.74. The van der Waals surface area contributed by atoms with Gasteiger partial charge >= 0.3 is 5.69 Å². The summed E-state index contributed by atoms with van der Waals surface area (Å²) in [6, 6.07) is 5.44. The Bertz CT molecular complexity index is 581. The number of aryl methyl sites for hydroxylation is 2. The Morgan fingerprint density at radius 2 is 2.12 bits per heavy atom. The number of rotatable bonds is 3. The molecule has 84 valence electrons. The molecule has 4 nitrogen and oxygen atoms in total. The molecule has 0 aliphatic rings. The van der Waals surface area contributed by atoms with Crippen molar-refractivity contribution < 1.29 is 0 Å². The van der Waals surface area contributed by atoms with Crippen LogP contribution in [-0.2, 0) is 20.0 Å². The first-order valence-electron chi connectivity index (χ1n) is 4.97. The van der Waals surface area contributed by atoms with E-state index in [1.54, 1.807) is 22.1 Å². The lowest BCUT2D eigenvalue weighted by molar-refractivity contribution is 0.602.